The summed E-state index contributed by atoms with van der Waals surface area (Å²) in [6.07, 6.45) is 10.1. The molecule has 3 aliphatic rings. The quantitative estimate of drug-likeness (QED) is 0.722. The van der Waals surface area contributed by atoms with Crippen molar-refractivity contribution in [3.05, 3.63) is 90.2 Å². The number of benzene rings is 2. The van der Waals surface area contributed by atoms with Gasteiger partial charge in [0.05, 0.1) is 28.8 Å². The predicted octanol–water partition coefficient (Wildman–Crippen LogP) is 4.48. The summed E-state index contributed by atoms with van der Waals surface area (Å²) in [5, 5.41) is 2.20. The standard InChI is InChI=1S/C23H20N4O/c1-26-14-18-12-20(16-5-3-2-4-6-16)25-27(18)21-11-17(22-13-24-15-28-22)7-8-19(21)23(26)9-10-23/h2-8,11-15,25H,9-10H2,1H3. The van der Waals surface area contributed by atoms with Gasteiger partial charge in [-0.3, -0.25) is 10.4 Å². The highest BCUT2D eigenvalue weighted by atomic mass is 16.3. The number of hydrogen-bond donors (Lipinski definition) is 1. The molecule has 28 heavy (non-hydrogen) atoms. The lowest BCUT2D eigenvalue weighted by molar-refractivity contribution is 0.314. The van der Waals surface area contributed by atoms with Gasteiger partial charge in [-0.1, -0.05) is 42.5 Å². The summed E-state index contributed by atoms with van der Waals surface area (Å²) >= 11 is 0. The van der Waals surface area contributed by atoms with Crippen LogP contribution >= 0.6 is 0 Å². The third-order valence-corrected chi connectivity index (χ3v) is 6.05. The zero-order chi connectivity index (χ0) is 18.7. The first-order chi connectivity index (χ1) is 13.7. The van der Waals surface area contributed by atoms with Crippen molar-refractivity contribution in [1.82, 2.24) is 15.3 Å². The molecule has 5 heteroatoms. The minimum atomic E-state index is 0.0923. The Morgan fingerprint density at radius 3 is 2.68 bits per heavy atom. The van der Waals surface area contributed by atoms with Crippen molar-refractivity contribution in [2.45, 2.75) is 18.4 Å². The van der Waals surface area contributed by atoms with Gasteiger partial charge in [0.25, 0.3) is 0 Å². The Labute approximate surface area is 163 Å². The molecule has 2 aliphatic heterocycles. The number of nitrogens with zero attached hydrogens (tertiary/aromatic N) is 3. The van der Waals surface area contributed by atoms with Gasteiger partial charge < -0.3 is 9.32 Å². The molecule has 1 fully saturated rings. The third-order valence-electron chi connectivity index (χ3n) is 6.05. The number of anilines is 1. The van der Waals surface area contributed by atoms with E-state index in [2.05, 4.69) is 82.1 Å². The Kier molecular flexibility index (Phi) is 3.07. The molecule has 1 saturated carbocycles. The van der Waals surface area contributed by atoms with E-state index in [4.69, 9.17) is 4.42 Å². The summed E-state index contributed by atoms with van der Waals surface area (Å²) < 4.78 is 5.54. The van der Waals surface area contributed by atoms with E-state index in [0.717, 1.165) is 22.7 Å². The van der Waals surface area contributed by atoms with Crippen molar-refractivity contribution in [3.8, 4) is 11.3 Å². The normalized spacial score (nSPS) is 18.8. The number of fused-ring (bicyclic) bond motifs is 4. The first-order valence-electron chi connectivity index (χ1n) is 9.57. The second-order valence-corrected chi connectivity index (χ2v) is 7.67. The number of aromatic nitrogens is 1. The van der Waals surface area contributed by atoms with E-state index in [9.17, 15) is 0 Å². The maximum atomic E-state index is 5.54. The number of rotatable bonds is 2. The Morgan fingerprint density at radius 1 is 1.07 bits per heavy atom. The van der Waals surface area contributed by atoms with Gasteiger partial charge in [0.15, 0.2) is 12.2 Å². The first kappa shape index (κ1) is 15.6. The minimum Gasteiger partial charge on any atom is -0.444 e. The summed E-state index contributed by atoms with van der Waals surface area (Å²) in [7, 11) is 2.19. The molecule has 0 bridgehead atoms. The van der Waals surface area contributed by atoms with Crippen LogP contribution in [-0.2, 0) is 5.54 Å². The topological polar surface area (TPSA) is 44.5 Å². The minimum absolute atomic E-state index is 0.0923. The second-order valence-electron chi connectivity index (χ2n) is 7.67. The molecule has 0 amide bonds. The van der Waals surface area contributed by atoms with Crippen molar-refractivity contribution in [1.29, 1.82) is 0 Å². The Bertz CT molecular complexity index is 1110. The lowest BCUT2D eigenvalue weighted by atomic mass is 9.98. The number of hydrazine groups is 1. The summed E-state index contributed by atoms with van der Waals surface area (Å²) in [4.78, 5) is 6.45. The lowest BCUT2D eigenvalue weighted by Gasteiger charge is -2.28. The predicted molar refractivity (Wildman–Crippen MR) is 109 cm³/mol. The number of allylic oxidation sites excluding steroid dienone is 1. The van der Waals surface area contributed by atoms with Crippen LogP contribution in [0.5, 0.6) is 0 Å². The lowest BCUT2D eigenvalue weighted by Crippen LogP contribution is -2.31. The van der Waals surface area contributed by atoms with E-state index in [1.54, 1.807) is 6.20 Å². The van der Waals surface area contributed by atoms with E-state index >= 15 is 0 Å². The molecule has 1 aromatic heterocycles. The summed E-state index contributed by atoms with van der Waals surface area (Å²) in [6, 6.07) is 17.0. The molecule has 6 rings (SSSR count). The van der Waals surface area contributed by atoms with E-state index in [-0.39, 0.29) is 5.54 Å². The zero-order valence-electron chi connectivity index (χ0n) is 15.6. The fraction of sp³-hybridized carbons (Fsp3) is 0.174. The highest BCUT2D eigenvalue weighted by molar-refractivity contribution is 5.80. The van der Waals surface area contributed by atoms with Crippen molar-refractivity contribution in [3.63, 3.8) is 0 Å². The number of hydrogen-bond acceptors (Lipinski definition) is 5. The first-order valence-corrected chi connectivity index (χ1v) is 9.57. The molecule has 0 unspecified atom stereocenters. The van der Waals surface area contributed by atoms with Gasteiger partial charge in [-0.25, -0.2) is 4.98 Å². The van der Waals surface area contributed by atoms with E-state index in [1.807, 2.05) is 6.07 Å². The molecular weight excluding hydrogens is 348 g/mol. The van der Waals surface area contributed by atoms with Gasteiger partial charge in [-0.15, -0.1) is 0 Å². The van der Waals surface area contributed by atoms with Gasteiger partial charge >= 0.3 is 0 Å². The fourth-order valence-corrected chi connectivity index (χ4v) is 4.36. The molecule has 1 N–H and O–H groups in total. The Balaban J connectivity index is 1.50. The average Bonchev–Trinajstić information content (AvgIpc) is 3.19. The van der Waals surface area contributed by atoms with Crippen LogP contribution in [0.3, 0.4) is 0 Å². The van der Waals surface area contributed by atoms with E-state index in [0.29, 0.717) is 0 Å². The monoisotopic (exact) mass is 368 g/mol. The molecule has 0 saturated heterocycles. The van der Waals surface area contributed by atoms with Crippen LogP contribution in [0.1, 0.15) is 24.0 Å². The smallest absolute Gasteiger partial charge is 0.181 e. The van der Waals surface area contributed by atoms with E-state index in [1.165, 1.54) is 36.0 Å². The van der Waals surface area contributed by atoms with Gasteiger partial charge in [-0.2, -0.15) is 0 Å². The second kappa shape index (κ2) is 5.52. The zero-order valence-corrected chi connectivity index (χ0v) is 15.6. The van der Waals surface area contributed by atoms with Crippen LogP contribution in [-0.4, -0.2) is 16.9 Å². The molecule has 3 aromatic rings. The number of nitrogens with one attached hydrogen (secondary N) is 1. The maximum absolute atomic E-state index is 5.54. The Morgan fingerprint density at radius 2 is 1.93 bits per heavy atom. The van der Waals surface area contributed by atoms with Gasteiger partial charge in [-0.05, 0) is 30.5 Å². The van der Waals surface area contributed by atoms with Crippen LogP contribution in [0.25, 0.3) is 17.0 Å². The molecule has 2 aromatic carbocycles. The summed E-state index contributed by atoms with van der Waals surface area (Å²) in [6.45, 7) is 0. The van der Waals surface area contributed by atoms with Crippen molar-refractivity contribution < 1.29 is 4.42 Å². The van der Waals surface area contributed by atoms with Gasteiger partial charge in [0.2, 0.25) is 0 Å². The molecular formula is C23H20N4O. The summed E-state index contributed by atoms with van der Waals surface area (Å²) in [5.74, 6) is 0.784. The molecule has 0 atom stereocenters. The highest BCUT2D eigenvalue weighted by Crippen LogP contribution is 2.56. The molecule has 5 nitrogen and oxygen atoms in total. The largest absolute Gasteiger partial charge is 0.444 e. The fourth-order valence-electron chi connectivity index (χ4n) is 4.36. The molecule has 1 spiro atoms. The van der Waals surface area contributed by atoms with Crippen LogP contribution in [0.4, 0.5) is 5.69 Å². The van der Waals surface area contributed by atoms with Crippen molar-refractivity contribution in [2.75, 3.05) is 12.1 Å². The van der Waals surface area contributed by atoms with Crippen molar-refractivity contribution in [2.24, 2.45) is 0 Å². The highest BCUT2D eigenvalue weighted by Gasteiger charge is 2.51. The average molecular weight is 368 g/mol. The van der Waals surface area contributed by atoms with Gasteiger partial charge in [0, 0.05) is 24.4 Å². The van der Waals surface area contributed by atoms with Crippen LogP contribution in [0.2, 0.25) is 0 Å². The van der Waals surface area contributed by atoms with Gasteiger partial charge in [0.1, 0.15) is 0 Å². The molecule has 138 valence electrons. The molecule has 1 aliphatic carbocycles. The summed E-state index contributed by atoms with van der Waals surface area (Å²) in [5.41, 5.74) is 10.7. The van der Waals surface area contributed by atoms with Crippen LogP contribution < -0.4 is 10.4 Å². The maximum Gasteiger partial charge on any atom is 0.181 e. The molecule has 3 heterocycles. The van der Waals surface area contributed by atoms with Crippen LogP contribution in [0, 0.1) is 0 Å². The van der Waals surface area contributed by atoms with Crippen LogP contribution in [0.15, 0.2) is 83.5 Å². The Hall–Kier alpha value is -3.47. The molecule has 0 radical (unpaired) electrons. The van der Waals surface area contributed by atoms with E-state index < -0.39 is 0 Å². The number of oxazole rings is 1. The SMILES string of the molecule is CN1C=C2C=C(c3ccccc3)NN2c2cc(-c3cnco3)ccc2C12CC2. The third kappa shape index (κ3) is 2.16. The van der Waals surface area contributed by atoms with Crippen molar-refractivity contribution >= 4 is 11.4 Å².